The van der Waals surface area contributed by atoms with E-state index in [-0.39, 0.29) is 5.69 Å². The number of hydrogen-bond acceptors (Lipinski definition) is 6. The Morgan fingerprint density at radius 3 is 2.86 bits per heavy atom. The van der Waals surface area contributed by atoms with Gasteiger partial charge in [-0.1, -0.05) is 0 Å². The maximum absolute atomic E-state index is 10.8. The second-order valence-corrected chi connectivity index (χ2v) is 5.51. The number of rotatable bonds is 3. The highest BCUT2D eigenvalue weighted by Crippen LogP contribution is 2.23. The van der Waals surface area contributed by atoms with E-state index >= 15 is 0 Å². The summed E-state index contributed by atoms with van der Waals surface area (Å²) < 4.78 is 0. The molecule has 7 nitrogen and oxygen atoms in total. The van der Waals surface area contributed by atoms with Crippen LogP contribution >= 0.6 is 0 Å². The number of hydrogen-bond donors (Lipinski definition) is 0. The summed E-state index contributed by atoms with van der Waals surface area (Å²) in [6.07, 6.45) is 2.80. The minimum atomic E-state index is -0.419. The van der Waals surface area contributed by atoms with Crippen molar-refractivity contribution in [1.29, 1.82) is 0 Å². The molecule has 0 N–H and O–H groups in total. The van der Waals surface area contributed by atoms with E-state index in [1.807, 2.05) is 0 Å². The molecule has 1 saturated heterocycles. The van der Waals surface area contributed by atoms with E-state index in [2.05, 4.69) is 33.9 Å². The van der Waals surface area contributed by atoms with Gasteiger partial charge in [0, 0.05) is 31.3 Å². The maximum atomic E-state index is 10.8. The number of nitro groups is 1. The van der Waals surface area contributed by atoms with E-state index in [0.717, 1.165) is 25.3 Å². The second-order valence-electron chi connectivity index (χ2n) is 5.51. The van der Waals surface area contributed by atoms with Crippen LogP contribution in [-0.4, -0.2) is 53.0 Å². The number of benzene rings is 1. The molecule has 0 unspecified atom stereocenters. The molecule has 0 radical (unpaired) electrons. The molecule has 3 rings (SSSR count). The lowest BCUT2D eigenvalue weighted by Crippen LogP contribution is -2.31. The van der Waals surface area contributed by atoms with Gasteiger partial charge in [-0.15, -0.1) is 0 Å². The monoisotopic (exact) mass is 287 g/mol. The van der Waals surface area contributed by atoms with E-state index in [9.17, 15) is 10.1 Å². The van der Waals surface area contributed by atoms with Crippen molar-refractivity contribution in [3.63, 3.8) is 0 Å². The maximum Gasteiger partial charge on any atom is 0.271 e. The standard InChI is InChI=1S/C14H17N5O2/c1-17(2)11-5-6-18(9-11)14-8-15-13-7-10(19(20)21)3-4-12(13)16-14/h3-4,7-8,11H,5-6,9H2,1-2H3/t11-/m1/s1. The molecular weight excluding hydrogens is 270 g/mol. The number of fused-ring (bicyclic) bond motifs is 1. The SMILES string of the molecule is CN(C)[C@@H]1CCN(c2cnc3cc([N+](=O)[O-])ccc3n2)C1. The van der Waals surface area contributed by atoms with Gasteiger partial charge in [0.1, 0.15) is 5.82 Å². The Kier molecular flexibility index (Phi) is 3.42. The molecule has 0 spiro atoms. The third kappa shape index (κ3) is 2.64. The van der Waals surface area contributed by atoms with Crippen molar-refractivity contribution >= 4 is 22.5 Å². The first-order valence-electron chi connectivity index (χ1n) is 6.87. The Morgan fingerprint density at radius 2 is 2.19 bits per heavy atom. The highest BCUT2D eigenvalue weighted by molar-refractivity contribution is 5.78. The fourth-order valence-electron chi connectivity index (χ4n) is 2.63. The van der Waals surface area contributed by atoms with Gasteiger partial charge < -0.3 is 9.80 Å². The summed E-state index contributed by atoms with van der Waals surface area (Å²) in [7, 11) is 4.17. The van der Waals surface area contributed by atoms with E-state index in [1.165, 1.54) is 12.1 Å². The minimum absolute atomic E-state index is 0.0402. The summed E-state index contributed by atoms with van der Waals surface area (Å²) in [6.45, 7) is 1.89. The number of likely N-dealkylation sites (N-methyl/N-ethyl adjacent to an activating group) is 1. The molecule has 2 heterocycles. The predicted molar refractivity (Wildman–Crippen MR) is 80.5 cm³/mol. The van der Waals surface area contributed by atoms with Crippen molar-refractivity contribution in [3.8, 4) is 0 Å². The van der Waals surface area contributed by atoms with E-state index in [4.69, 9.17) is 0 Å². The molecule has 1 aromatic carbocycles. The van der Waals surface area contributed by atoms with Crippen LogP contribution in [0.3, 0.4) is 0 Å². The van der Waals surface area contributed by atoms with Crippen molar-refractivity contribution < 1.29 is 4.92 Å². The van der Waals surface area contributed by atoms with Gasteiger partial charge in [0.15, 0.2) is 0 Å². The molecule has 1 atom stereocenters. The zero-order chi connectivity index (χ0) is 15.0. The summed E-state index contributed by atoms with van der Waals surface area (Å²) in [5.41, 5.74) is 1.28. The fraction of sp³-hybridized carbons (Fsp3) is 0.429. The van der Waals surface area contributed by atoms with E-state index < -0.39 is 4.92 Å². The summed E-state index contributed by atoms with van der Waals surface area (Å²) in [5.74, 6) is 0.834. The van der Waals surface area contributed by atoms with Crippen LogP contribution in [0.25, 0.3) is 11.0 Å². The number of anilines is 1. The van der Waals surface area contributed by atoms with Crippen LogP contribution in [0.1, 0.15) is 6.42 Å². The largest absolute Gasteiger partial charge is 0.354 e. The molecule has 1 fully saturated rings. The number of nitrogens with zero attached hydrogens (tertiary/aromatic N) is 5. The molecule has 7 heteroatoms. The molecular formula is C14H17N5O2. The minimum Gasteiger partial charge on any atom is -0.354 e. The quantitative estimate of drug-likeness (QED) is 0.631. The van der Waals surface area contributed by atoms with Crippen LogP contribution in [0.2, 0.25) is 0 Å². The predicted octanol–water partition coefficient (Wildman–Crippen LogP) is 1.68. The lowest BCUT2D eigenvalue weighted by molar-refractivity contribution is -0.384. The summed E-state index contributed by atoms with van der Waals surface area (Å²) >= 11 is 0. The third-order valence-corrected chi connectivity index (χ3v) is 3.94. The van der Waals surface area contributed by atoms with Crippen LogP contribution in [0.15, 0.2) is 24.4 Å². The topological polar surface area (TPSA) is 75.4 Å². The first-order chi connectivity index (χ1) is 10.0. The van der Waals surface area contributed by atoms with E-state index in [1.54, 1.807) is 12.3 Å². The Hall–Kier alpha value is -2.28. The Morgan fingerprint density at radius 1 is 1.38 bits per heavy atom. The molecule has 1 aliphatic heterocycles. The Bertz CT molecular complexity index is 688. The van der Waals surface area contributed by atoms with Crippen molar-refractivity contribution in [2.45, 2.75) is 12.5 Å². The van der Waals surface area contributed by atoms with Gasteiger partial charge in [-0.05, 0) is 26.6 Å². The van der Waals surface area contributed by atoms with Gasteiger partial charge in [0.2, 0.25) is 0 Å². The highest BCUT2D eigenvalue weighted by Gasteiger charge is 2.25. The molecule has 0 aliphatic carbocycles. The highest BCUT2D eigenvalue weighted by atomic mass is 16.6. The van der Waals surface area contributed by atoms with Crippen molar-refractivity contribution in [3.05, 3.63) is 34.5 Å². The molecule has 1 aliphatic rings. The lowest BCUT2D eigenvalue weighted by Gasteiger charge is -2.20. The fourth-order valence-corrected chi connectivity index (χ4v) is 2.63. The molecule has 110 valence electrons. The molecule has 0 saturated carbocycles. The van der Waals surface area contributed by atoms with E-state index in [0.29, 0.717) is 17.1 Å². The van der Waals surface area contributed by atoms with Gasteiger partial charge in [-0.2, -0.15) is 0 Å². The molecule has 2 aromatic rings. The third-order valence-electron chi connectivity index (χ3n) is 3.94. The van der Waals surface area contributed by atoms with Gasteiger partial charge in [-0.25, -0.2) is 4.98 Å². The Balaban J connectivity index is 1.88. The van der Waals surface area contributed by atoms with Gasteiger partial charge >= 0.3 is 0 Å². The molecule has 0 amide bonds. The first kappa shape index (κ1) is 13.7. The van der Waals surface area contributed by atoms with Crippen molar-refractivity contribution in [1.82, 2.24) is 14.9 Å². The summed E-state index contributed by atoms with van der Waals surface area (Å²) in [6, 6.07) is 5.11. The average molecular weight is 287 g/mol. The second kappa shape index (κ2) is 5.25. The smallest absolute Gasteiger partial charge is 0.271 e. The molecule has 0 bridgehead atoms. The zero-order valence-corrected chi connectivity index (χ0v) is 12.1. The number of nitro benzene ring substituents is 1. The Labute approximate surface area is 122 Å². The zero-order valence-electron chi connectivity index (χ0n) is 12.1. The van der Waals surface area contributed by atoms with Gasteiger partial charge in [-0.3, -0.25) is 15.1 Å². The summed E-state index contributed by atoms with van der Waals surface area (Å²) in [5, 5.41) is 10.8. The molecule has 1 aromatic heterocycles. The normalized spacial score (nSPS) is 18.6. The van der Waals surface area contributed by atoms with Crippen LogP contribution in [0, 0.1) is 10.1 Å². The van der Waals surface area contributed by atoms with Crippen molar-refractivity contribution in [2.24, 2.45) is 0 Å². The lowest BCUT2D eigenvalue weighted by atomic mass is 10.2. The van der Waals surface area contributed by atoms with Crippen molar-refractivity contribution in [2.75, 3.05) is 32.1 Å². The van der Waals surface area contributed by atoms with Gasteiger partial charge in [0.25, 0.3) is 5.69 Å². The van der Waals surface area contributed by atoms with Gasteiger partial charge in [0.05, 0.1) is 22.2 Å². The summed E-state index contributed by atoms with van der Waals surface area (Å²) in [4.78, 5) is 23.7. The number of non-ortho nitro benzene ring substituents is 1. The number of aromatic nitrogens is 2. The molecule has 21 heavy (non-hydrogen) atoms. The first-order valence-corrected chi connectivity index (χ1v) is 6.87. The average Bonchev–Trinajstić information content (AvgIpc) is 2.96. The van der Waals surface area contributed by atoms with Crippen LogP contribution in [0.5, 0.6) is 0 Å². The van der Waals surface area contributed by atoms with Crippen LogP contribution in [-0.2, 0) is 0 Å². The van der Waals surface area contributed by atoms with Crippen LogP contribution in [0.4, 0.5) is 11.5 Å². The van der Waals surface area contributed by atoms with Crippen LogP contribution < -0.4 is 4.90 Å².